The standard InChI is InChI=1S/C20H32O4/c1-2-3-8-16-17-13-19(22)15(14(17)11-12-18(16)21)9-6-4-5-7-10-20(23)24/h14-17H,2-13H2,1H3,(H,23,24). The minimum absolute atomic E-state index is 0.133. The summed E-state index contributed by atoms with van der Waals surface area (Å²) in [5, 5.41) is 8.64. The van der Waals surface area contributed by atoms with Gasteiger partial charge in [0.15, 0.2) is 0 Å². The molecule has 0 saturated heterocycles. The van der Waals surface area contributed by atoms with E-state index in [2.05, 4.69) is 6.92 Å². The van der Waals surface area contributed by atoms with Crippen molar-refractivity contribution in [2.45, 2.75) is 84.0 Å². The molecule has 0 aromatic heterocycles. The molecule has 0 amide bonds. The minimum atomic E-state index is -0.728. The number of rotatable bonds is 10. The Balaban J connectivity index is 1.81. The van der Waals surface area contributed by atoms with Crippen molar-refractivity contribution >= 4 is 17.5 Å². The number of ketones is 2. The Labute approximate surface area is 145 Å². The predicted molar refractivity (Wildman–Crippen MR) is 92.7 cm³/mol. The van der Waals surface area contributed by atoms with Gasteiger partial charge in [-0.1, -0.05) is 39.0 Å². The first-order chi connectivity index (χ1) is 11.5. The average Bonchev–Trinajstić information content (AvgIpc) is 2.85. The van der Waals surface area contributed by atoms with Gasteiger partial charge in [0.2, 0.25) is 0 Å². The van der Waals surface area contributed by atoms with Crippen molar-refractivity contribution in [1.29, 1.82) is 0 Å². The Bertz CT molecular complexity index is 457. The Morgan fingerprint density at radius 3 is 2.33 bits per heavy atom. The molecule has 4 unspecified atom stereocenters. The van der Waals surface area contributed by atoms with Gasteiger partial charge in [-0.2, -0.15) is 0 Å². The fourth-order valence-corrected chi connectivity index (χ4v) is 4.83. The molecule has 4 heteroatoms. The molecule has 2 rings (SSSR count). The lowest BCUT2D eigenvalue weighted by atomic mass is 9.69. The summed E-state index contributed by atoms with van der Waals surface area (Å²) in [5.74, 6) is 1.07. The largest absolute Gasteiger partial charge is 0.481 e. The lowest BCUT2D eigenvalue weighted by Crippen LogP contribution is -2.34. The van der Waals surface area contributed by atoms with Gasteiger partial charge >= 0.3 is 5.97 Å². The molecular weight excluding hydrogens is 304 g/mol. The van der Waals surface area contributed by atoms with Crippen molar-refractivity contribution in [2.24, 2.45) is 23.7 Å². The van der Waals surface area contributed by atoms with Crippen LogP contribution in [0.1, 0.15) is 84.0 Å². The molecule has 4 nitrogen and oxygen atoms in total. The lowest BCUT2D eigenvalue weighted by Gasteiger charge is -2.34. The fraction of sp³-hybridized carbons (Fsp3) is 0.850. The van der Waals surface area contributed by atoms with E-state index in [1.165, 1.54) is 0 Å². The number of aliphatic carboxylic acids is 1. The van der Waals surface area contributed by atoms with E-state index in [9.17, 15) is 14.4 Å². The maximum atomic E-state index is 12.5. The van der Waals surface area contributed by atoms with Gasteiger partial charge in [0, 0.05) is 31.1 Å². The molecule has 0 aliphatic heterocycles. The smallest absolute Gasteiger partial charge is 0.303 e. The second-order valence-corrected chi connectivity index (χ2v) is 7.70. The van der Waals surface area contributed by atoms with Crippen molar-refractivity contribution in [2.75, 3.05) is 0 Å². The van der Waals surface area contributed by atoms with E-state index in [0.29, 0.717) is 36.2 Å². The van der Waals surface area contributed by atoms with Gasteiger partial charge < -0.3 is 5.11 Å². The van der Waals surface area contributed by atoms with Gasteiger partial charge in [-0.05, 0) is 37.5 Å². The number of hydrogen-bond donors (Lipinski definition) is 1. The quantitative estimate of drug-likeness (QED) is 0.600. The molecule has 0 bridgehead atoms. The minimum Gasteiger partial charge on any atom is -0.481 e. The number of carboxylic acid groups (broad SMARTS) is 1. The van der Waals surface area contributed by atoms with Crippen LogP contribution in [0.2, 0.25) is 0 Å². The lowest BCUT2D eigenvalue weighted by molar-refractivity contribution is -0.137. The van der Waals surface area contributed by atoms with E-state index in [1.54, 1.807) is 0 Å². The van der Waals surface area contributed by atoms with Crippen LogP contribution in [0, 0.1) is 23.7 Å². The van der Waals surface area contributed by atoms with Gasteiger partial charge in [-0.15, -0.1) is 0 Å². The summed E-state index contributed by atoms with van der Waals surface area (Å²) < 4.78 is 0. The summed E-state index contributed by atoms with van der Waals surface area (Å²) in [6.07, 6.45) is 10.2. The van der Waals surface area contributed by atoms with Crippen molar-refractivity contribution in [3.63, 3.8) is 0 Å². The first-order valence-electron chi connectivity index (χ1n) is 9.81. The zero-order valence-corrected chi connectivity index (χ0v) is 15.0. The number of Topliss-reactive ketones (excluding diaryl/α,β-unsaturated/α-hetero) is 2. The second-order valence-electron chi connectivity index (χ2n) is 7.70. The summed E-state index contributed by atoms with van der Waals surface area (Å²) in [5.41, 5.74) is 0. The molecule has 24 heavy (non-hydrogen) atoms. The highest BCUT2D eigenvalue weighted by molar-refractivity contribution is 5.88. The summed E-state index contributed by atoms with van der Waals surface area (Å²) in [6.45, 7) is 2.15. The predicted octanol–water partition coefficient (Wildman–Crippen LogP) is 4.40. The van der Waals surface area contributed by atoms with E-state index in [-0.39, 0.29) is 18.3 Å². The number of hydrogen-bond acceptors (Lipinski definition) is 3. The number of unbranched alkanes of at least 4 members (excludes halogenated alkanes) is 4. The van der Waals surface area contributed by atoms with Crippen LogP contribution in [-0.2, 0) is 14.4 Å². The van der Waals surface area contributed by atoms with Gasteiger partial charge in [0.05, 0.1) is 0 Å². The number of carbonyl (C=O) groups is 3. The average molecular weight is 336 g/mol. The number of carboxylic acids is 1. The third kappa shape index (κ3) is 4.90. The molecule has 4 atom stereocenters. The van der Waals surface area contributed by atoms with Crippen LogP contribution in [0.4, 0.5) is 0 Å². The topological polar surface area (TPSA) is 71.4 Å². The van der Waals surface area contributed by atoms with Gasteiger partial charge in [-0.25, -0.2) is 0 Å². The van der Waals surface area contributed by atoms with Crippen molar-refractivity contribution in [3.8, 4) is 0 Å². The molecule has 0 radical (unpaired) electrons. The highest BCUT2D eigenvalue weighted by atomic mass is 16.4. The fourth-order valence-electron chi connectivity index (χ4n) is 4.83. The summed E-state index contributed by atoms with van der Waals surface area (Å²) in [6, 6.07) is 0. The van der Waals surface area contributed by atoms with Gasteiger partial charge in [-0.3, -0.25) is 14.4 Å². The maximum absolute atomic E-state index is 12.5. The van der Waals surface area contributed by atoms with Crippen LogP contribution in [0.3, 0.4) is 0 Å². The van der Waals surface area contributed by atoms with Crippen molar-refractivity contribution in [3.05, 3.63) is 0 Å². The molecule has 0 aromatic carbocycles. The van der Waals surface area contributed by atoms with Crippen LogP contribution >= 0.6 is 0 Å². The van der Waals surface area contributed by atoms with E-state index < -0.39 is 5.97 Å². The Kier molecular flexibility index (Phi) is 7.44. The molecule has 2 aliphatic rings. The monoisotopic (exact) mass is 336 g/mol. The molecule has 2 fully saturated rings. The molecule has 1 N–H and O–H groups in total. The molecule has 2 aliphatic carbocycles. The van der Waals surface area contributed by atoms with Crippen molar-refractivity contribution < 1.29 is 19.5 Å². The van der Waals surface area contributed by atoms with Crippen LogP contribution in [-0.4, -0.2) is 22.6 Å². The van der Waals surface area contributed by atoms with E-state index in [4.69, 9.17) is 5.11 Å². The van der Waals surface area contributed by atoms with E-state index in [0.717, 1.165) is 57.8 Å². The maximum Gasteiger partial charge on any atom is 0.303 e. The second kappa shape index (κ2) is 9.33. The first-order valence-corrected chi connectivity index (χ1v) is 9.81. The summed E-state index contributed by atoms with van der Waals surface area (Å²) >= 11 is 0. The highest BCUT2D eigenvalue weighted by Gasteiger charge is 2.48. The van der Waals surface area contributed by atoms with Crippen LogP contribution in [0.15, 0.2) is 0 Å². The molecule has 136 valence electrons. The zero-order valence-electron chi connectivity index (χ0n) is 15.0. The normalized spacial score (nSPS) is 29.7. The van der Waals surface area contributed by atoms with Crippen LogP contribution in [0.25, 0.3) is 0 Å². The van der Waals surface area contributed by atoms with Gasteiger partial charge in [0.25, 0.3) is 0 Å². The van der Waals surface area contributed by atoms with E-state index in [1.807, 2.05) is 0 Å². The van der Waals surface area contributed by atoms with Crippen LogP contribution in [0.5, 0.6) is 0 Å². The molecule has 0 aromatic rings. The Morgan fingerprint density at radius 1 is 0.958 bits per heavy atom. The molecular formula is C20H32O4. The van der Waals surface area contributed by atoms with Gasteiger partial charge in [0.1, 0.15) is 11.6 Å². The van der Waals surface area contributed by atoms with Crippen molar-refractivity contribution in [1.82, 2.24) is 0 Å². The zero-order chi connectivity index (χ0) is 17.5. The first kappa shape index (κ1) is 19.1. The van der Waals surface area contributed by atoms with E-state index >= 15 is 0 Å². The third-order valence-corrected chi connectivity index (χ3v) is 6.10. The molecule has 2 saturated carbocycles. The highest BCUT2D eigenvalue weighted by Crippen LogP contribution is 2.48. The Hall–Kier alpha value is -1.19. The van der Waals surface area contributed by atoms with Crippen LogP contribution < -0.4 is 0 Å². The summed E-state index contributed by atoms with van der Waals surface area (Å²) in [4.78, 5) is 35.3. The summed E-state index contributed by atoms with van der Waals surface area (Å²) in [7, 11) is 0. The third-order valence-electron chi connectivity index (χ3n) is 6.10. The SMILES string of the molecule is CCCCC1C(=O)CCC2C(CCCCCCC(=O)O)C(=O)CC12. The number of fused-ring (bicyclic) bond motifs is 1. The molecule has 0 spiro atoms. The number of carbonyl (C=O) groups excluding carboxylic acids is 2. The Morgan fingerprint density at radius 2 is 1.62 bits per heavy atom. The molecule has 0 heterocycles.